The molecule has 0 aliphatic heterocycles. The average molecular weight is 184 g/mol. The molecule has 0 radical (unpaired) electrons. The fourth-order valence-electron chi connectivity index (χ4n) is 1.91. The van der Waals surface area contributed by atoms with E-state index in [1.807, 2.05) is 0 Å². The van der Waals surface area contributed by atoms with Crippen LogP contribution in [0.5, 0.6) is 0 Å². The summed E-state index contributed by atoms with van der Waals surface area (Å²) in [5.41, 5.74) is 5.72. The predicted octanol–water partition coefficient (Wildman–Crippen LogP) is 2.05. The maximum atomic E-state index is 5.72. The molecule has 0 bridgehead atoms. The van der Waals surface area contributed by atoms with E-state index in [1.54, 1.807) is 0 Å². The zero-order valence-electron chi connectivity index (χ0n) is 9.13. The minimum Gasteiger partial charge on any atom is -0.318 e. The predicted molar refractivity (Wildman–Crippen MR) is 57.4 cm³/mol. The average Bonchev–Trinajstić information content (AvgIpc) is 2.87. The number of hydrogen-bond donors (Lipinski definition) is 1. The Kier molecular flexibility index (Phi) is 4.74. The Balaban J connectivity index is 2.13. The van der Waals surface area contributed by atoms with Crippen LogP contribution in [-0.2, 0) is 0 Å². The van der Waals surface area contributed by atoms with Crippen LogP contribution in [0.1, 0.15) is 39.5 Å². The molecule has 0 aromatic rings. The molecule has 1 aliphatic rings. The lowest BCUT2D eigenvalue weighted by atomic mass is 10.1. The Morgan fingerprint density at radius 1 is 1.46 bits per heavy atom. The van der Waals surface area contributed by atoms with E-state index in [1.165, 1.54) is 38.8 Å². The van der Waals surface area contributed by atoms with Gasteiger partial charge in [0.05, 0.1) is 0 Å². The van der Waals surface area contributed by atoms with Crippen LogP contribution in [0.15, 0.2) is 0 Å². The molecule has 1 saturated carbocycles. The molecular weight excluding hydrogens is 160 g/mol. The minimum absolute atomic E-state index is 0.741. The molecule has 1 atom stereocenters. The lowest BCUT2D eigenvalue weighted by molar-refractivity contribution is 0.228. The van der Waals surface area contributed by atoms with Gasteiger partial charge >= 0.3 is 0 Å². The highest BCUT2D eigenvalue weighted by Gasteiger charge is 2.24. The number of nitrogens with two attached hydrogens (primary N) is 1. The second-order valence-electron chi connectivity index (χ2n) is 4.56. The standard InChI is InChI=1S/C11H24N2/c1-3-4-10(2)7-13(9-12)8-11-5-6-11/h10-11H,3-9,12H2,1-2H3. The van der Waals surface area contributed by atoms with Gasteiger partial charge in [0.2, 0.25) is 0 Å². The van der Waals surface area contributed by atoms with E-state index in [0.717, 1.165) is 18.5 Å². The molecule has 78 valence electrons. The van der Waals surface area contributed by atoms with Gasteiger partial charge in [-0.2, -0.15) is 0 Å². The molecule has 1 fully saturated rings. The van der Waals surface area contributed by atoms with Crippen LogP contribution in [0.3, 0.4) is 0 Å². The maximum absolute atomic E-state index is 5.72. The number of nitrogens with zero attached hydrogens (tertiary/aromatic N) is 1. The van der Waals surface area contributed by atoms with Crippen molar-refractivity contribution < 1.29 is 0 Å². The van der Waals surface area contributed by atoms with Crippen molar-refractivity contribution in [3.8, 4) is 0 Å². The van der Waals surface area contributed by atoms with E-state index < -0.39 is 0 Å². The van der Waals surface area contributed by atoms with Gasteiger partial charge in [0.1, 0.15) is 0 Å². The number of rotatable bonds is 7. The van der Waals surface area contributed by atoms with Crippen LogP contribution in [0.4, 0.5) is 0 Å². The summed E-state index contributed by atoms with van der Waals surface area (Å²) in [6.45, 7) is 7.76. The molecule has 1 rings (SSSR count). The summed E-state index contributed by atoms with van der Waals surface area (Å²) < 4.78 is 0. The van der Waals surface area contributed by atoms with E-state index in [4.69, 9.17) is 5.73 Å². The fourth-order valence-corrected chi connectivity index (χ4v) is 1.91. The van der Waals surface area contributed by atoms with Gasteiger partial charge < -0.3 is 5.73 Å². The third kappa shape index (κ3) is 4.63. The van der Waals surface area contributed by atoms with Crippen molar-refractivity contribution in [2.24, 2.45) is 17.6 Å². The molecule has 1 aliphatic carbocycles. The molecule has 0 spiro atoms. The second kappa shape index (κ2) is 5.61. The zero-order chi connectivity index (χ0) is 9.68. The quantitative estimate of drug-likeness (QED) is 0.614. The SMILES string of the molecule is CCCC(C)CN(CN)CC1CC1. The third-order valence-corrected chi connectivity index (χ3v) is 2.82. The lowest BCUT2D eigenvalue weighted by Gasteiger charge is -2.23. The van der Waals surface area contributed by atoms with E-state index in [0.29, 0.717) is 0 Å². The normalized spacial score (nSPS) is 19.4. The first-order valence-electron chi connectivity index (χ1n) is 5.68. The summed E-state index contributed by atoms with van der Waals surface area (Å²) in [6, 6.07) is 0. The first-order chi connectivity index (χ1) is 6.26. The smallest absolute Gasteiger partial charge is 0.0455 e. The number of hydrogen-bond acceptors (Lipinski definition) is 2. The van der Waals surface area contributed by atoms with Crippen molar-refractivity contribution in [3.63, 3.8) is 0 Å². The molecule has 2 heteroatoms. The van der Waals surface area contributed by atoms with Gasteiger partial charge in [-0.25, -0.2) is 0 Å². The molecule has 0 heterocycles. The van der Waals surface area contributed by atoms with Crippen molar-refractivity contribution >= 4 is 0 Å². The minimum atomic E-state index is 0.741. The summed E-state index contributed by atoms with van der Waals surface area (Å²) in [6.07, 6.45) is 5.49. The third-order valence-electron chi connectivity index (χ3n) is 2.82. The first kappa shape index (κ1) is 11.0. The van der Waals surface area contributed by atoms with E-state index in [2.05, 4.69) is 18.7 Å². The Morgan fingerprint density at radius 2 is 2.15 bits per heavy atom. The zero-order valence-corrected chi connectivity index (χ0v) is 9.13. The molecule has 2 N–H and O–H groups in total. The van der Waals surface area contributed by atoms with Gasteiger partial charge in [-0.05, 0) is 31.1 Å². The van der Waals surface area contributed by atoms with Crippen LogP contribution >= 0.6 is 0 Å². The highest BCUT2D eigenvalue weighted by Crippen LogP contribution is 2.29. The Bertz CT molecular complexity index is 132. The lowest BCUT2D eigenvalue weighted by Crippen LogP contribution is -2.35. The maximum Gasteiger partial charge on any atom is 0.0455 e. The Hall–Kier alpha value is -0.0800. The topological polar surface area (TPSA) is 29.3 Å². The van der Waals surface area contributed by atoms with Crippen molar-refractivity contribution in [1.29, 1.82) is 0 Å². The fraction of sp³-hybridized carbons (Fsp3) is 1.00. The Morgan fingerprint density at radius 3 is 2.62 bits per heavy atom. The van der Waals surface area contributed by atoms with Gasteiger partial charge in [-0.3, -0.25) is 4.90 Å². The van der Waals surface area contributed by atoms with Crippen molar-refractivity contribution in [3.05, 3.63) is 0 Å². The van der Waals surface area contributed by atoms with Crippen molar-refractivity contribution in [1.82, 2.24) is 4.90 Å². The first-order valence-corrected chi connectivity index (χ1v) is 5.68. The van der Waals surface area contributed by atoms with E-state index >= 15 is 0 Å². The second-order valence-corrected chi connectivity index (χ2v) is 4.56. The molecule has 0 amide bonds. The molecule has 0 aromatic carbocycles. The highest BCUT2D eigenvalue weighted by atomic mass is 15.2. The van der Waals surface area contributed by atoms with Gasteiger partial charge in [-0.15, -0.1) is 0 Å². The molecule has 0 saturated heterocycles. The monoisotopic (exact) mass is 184 g/mol. The molecule has 13 heavy (non-hydrogen) atoms. The van der Waals surface area contributed by atoms with Crippen LogP contribution in [0, 0.1) is 11.8 Å². The summed E-state index contributed by atoms with van der Waals surface area (Å²) in [4.78, 5) is 2.41. The molecule has 0 aromatic heterocycles. The van der Waals surface area contributed by atoms with Gasteiger partial charge in [0.25, 0.3) is 0 Å². The summed E-state index contributed by atoms with van der Waals surface area (Å²) >= 11 is 0. The van der Waals surface area contributed by atoms with Gasteiger partial charge in [-0.1, -0.05) is 20.3 Å². The molecule has 2 nitrogen and oxygen atoms in total. The van der Waals surface area contributed by atoms with Crippen LogP contribution in [0.2, 0.25) is 0 Å². The van der Waals surface area contributed by atoms with Crippen molar-refractivity contribution in [2.45, 2.75) is 39.5 Å². The summed E-state index contributed by atoms with van der Waals surface area (Å²) in [5.74, 6) is 1.78. The van der Waals surface area contributed by atoms with Crippen LogP contribution in [-0.4, -0.2) is 24.7 Å². The van der Waals surface area contributed by atoms with Crippen molar-refractivity contribution in [2.75, 3.05) is 19.8 Å². The summed E-state index contributed by atoms with van der Waals surface area (Å²) in [5, 5.41) is 0. The molecule has 1 unspecified atom stereocenters. The Labute approximate surface area is 82.5 Å². The van der Waals surface area contributed by atoms with Gasteiger partial charge in [0.15, 0.2) is 0 Å². The van der Waals surface area contributed by atoms with Gasteiger partial charge in [0, 0.05) is 19.8 Å². The van der Waals surface area contributed by atoms with E-state index in [9.17, 15) is 0 Å². The van der Waals surface area contributed by atoms with E-state index in [-0.39, 0.29) is 0 Å². The van der Waals surface area contributed by atoms with Crippen LogP contribution < -0.4 is 5.73 Å². The largest absolute Gasteiger partial charge is 0.318 e. The highest BCUT2D eigenvalue weighted by molar-refractivity contribution is 4.77. The molecular formula is C11H24N2. The van der Waals surface area contributed by atoms with Crippen LogP contribution in [0.25, 0.3) is 0 Å². The summed E-state index contributed by atoms with van der Waals surface area (Å²) in [7, 11) is 0.